The van der Waals surface area contributed by atoms with Crippen LogP contribution in [0.2, 0.25) is 0 Å². The number of aliphatic carboxylic acids is 1. The molecule has 0 aliphatic carbocycles. The smallest absolute Gasteiger partial charge is 0.353 e. The van der Waals surface area contributed by atoms with Crippen molar-refractivity contribution in [1.82, 2.24) is 24.9 Å². The molecule has 5 heterocycles. The maximum absolute atomic E-state index is 13.1. The van der Waals surface area contributed by atoms with E-state index in [0.29, 0.717) is 5.82 Å². The third kappa shape index (κ3) is 5.76. The lowest BCUT2D eigenvalue weighted by Crippen LogP contribution is -2.71. The number of aliphatic hydroxyl groups is 1. The fourth-order valence-electron chi connectivity index (χ4n) is 4.36. The van der Waals surface area contributed by atoms with Gasteiger partial charge in [-0.15, -0.1) is 32.5 Å². The number of fused-ring (bicyclic) bond motifs is 1. The Kier molecular flexibility index (Phi) is 8.59. The Bertz CT molecular complexity index is 1700. The number of aliphatic hydroxyl groups excluding tert-OH is 1. The average Bonchev–Trinajstić information content (AvgIpc) is 3.67. The normalized spacial score (nSPS) is 18.4. The van der Waals surface area contributed by atoms with Crippen LogP contribution in [0.1, 0.15) is 21.1 Å². The SMILES string of the molecule is Nc1nc(/C(=N/O)C(=O)N[C@@H]2C(=O)N3C(C(=O)O)=C(Sc4nc(C[n+]5ccc(N)n5CCO)c(C(=O)O)s4)CSC23)cs1. The summed E-state index contributed by atoms with van der Waals surface area (Å²) in [6.45, 7) is 0.0137. The Morgan fingerprint density at radius 3 is 2.63 bits per heavy atom. The molecule has 1 saturated heterocycles. The summed E-state index contributed by atoms with van der Waals surface area (Å²) in [7, 11) is 0. The molecule has 226 valence electrons. The van der Waals surface area contributed by atoms with Crippen molar-refractivity contribution in [3.05, 3.63) is 44.5 Å². The van der Waals surface area contributed by atoms with Gasteiger partial charge in [0, 0.05) is 16.0 Å². The van der Waals surface area contributed by atoms with Crippen LogP contribution in [-0.2, 0) is 27.5 Å². The van der Waals surface area contributed by atoms with Gasteiger partial charge in [0.25, 0.3) is 11.8 Å². The van der Waals surface area contributed by atoms with Crippen LogP contribution in [0.5, 0.6) is 0 Å². The Morgan fingerprint density at radius 2 is 2.00 bits per heavy atom. The van der Waals surface area contributed by atoms with Gasteiger partial charge >= 0.3 is 11.9 Å². The van der Waals surface area contributed by atoms with Gasteiger partial charge in [0.1, 0.15) is 39.9 Å². The number of hydrogen-bond donors (Lipinski definition) is 7. The third-order valence-corrected chi connectivity index (χ3v) is 10.6. The molecule has 3 aromatic heterocycles. The molecule has 0 radical (unpaired) electrons. The number of amides is 2. The number of carbonyl (C=O) groups is 4. The molecule has 2 aliphatic rings. The van der Waals surface area contributed by atoms with E-state index in [-0.39, 0.29) is 61.8 Å². The van der Waals surface area contributed by atoms with E-state index in [1.165, 1.54) is 17.1 Å². The summed E-state index contributed by atoms with van der Waals surface area (Å²) in [4.78, 5) is 59.7. The fourth-order valence-corrected chi connectivity index (χ4v) is 8.56. The number of carboxylic acids is 2. The van der Waals surface area contributed by atoms with Gasteiger partial charge in [-0.25, -0.2) is 19.6 Å². The number of thioether (sulfide) groups is 2. The summed E-state index contributed by atoms with van der Waals surface area (Å²) in [5, 5.41) is 44.7. The topological polar surface area (TPSA) is 263 Å². The molecule has 21 heteroatoms. The van der Waals surface area contributed by atoms with E-state index in [4.69, 9.17) is 11.5 Å². The van der Waals surface area contributed by atoms with Gasteiger partial charge in [0.2, 0.25) is 6.54 Å². The Labute approximate surface area is 257 Å². The minimum Gasteiger partial charge on any atom is -0.477 e. The number of anilines is 2. The van der Waals surface area contributed by atoms with Gasteiger partial charge < -0.3 is 37.3 Å². The van der Waals surface area contributed by atoms with Crippen LogP contribution in [0.3, 0.4) is 0 Å². The van der Waals surface area contributed by atoms with E-state index in [1.807, 2.05) is 0 Å². The molecule has 0 aromatic carbocycles. The highest BCUT2D eigenvalue weighted by Gasteiger charge is 2.54. The summed E-state index contributed by atoms with van der Waals surface area (Å²) in [5.74, 6) is -3.71. The minimum absolute atomic E-state index is 0.0132. The third-order valence-electron chi connectivity index (χ3n) is 6.23. The number of nitrogens with one attached hydrogen (secondary N) is 1. The standard InChI is InChI=1S/C22H21N9O8S4/c23-11-1-2-29(30(11)3-4-32)5-8-15(20(37)38)43-22(26-8)42-10-7-40-18-13(17(34)31(18)14(10)19(35)36)27-16(33)12(28-39)9-6-41-21(24)25-9/h1-2,6,13,18,23,32H,3-5,7H2,(H6,24,25,27,33,35,36,37,38,39)/p+1/t13-,18?/m1/s1. The average molecular weight is 669 g/mol. The molecule has 2 amide bonds. The van der Waals surface area contributed by atoms with Gasteiger partial charge in [0.15, 0.2) is 27.2 Å². The van der Waals surface area contributed by atoms with Crippen LogP contribution in [0, 0.1) is 0 Å². The van der Waals surface area contributed by atoms with Crippen LogP contribution in [0.25, 0.3) is 0 Å². The molecular formula is C22H22N9O8S4+. The number of carboxylic acid groups (broad SMARTS) is 2. The fraction of sp³-hybridized carbons (Fsp3) is 0.273. The number of β-lactam (4-membered cyclic amide) rings is 1. The Hall–Kier alpha value is -4.18. The zero-order valence-electron chi connectivity index (χ0n) is 21.6. The first-order valence-corrected chi connectivity index (χ1v) is 15.6. The second kappa shape index (κ2) is 12.2. The van der Waals surface area contributed by atoms with Crippen molar-refractivity contribution in [2.45, 2.75) is 28.8 Å². The van der Waals surface area contributed by atoms with Crippen molar-refractivity contribution in [1.29, 1.82) is 0 Å². The predicted octanol–water partition coefficient (Wildman–Crippen LogP) is -0.741. The van der Waals surface area contributed by atoms with Gasteiger partial charge in [-0.1, -0.05) is 28.3 Å². The van der Waals surface area contributed by atoms with Crippen LogP contribution >= 0.6 is 46.2 Å². The molecule has 0 spiro atoms. The van der Waals surface area contributed by atoms with Crippen LogP contribution < -0.4 is 21.5 Å². The lowest BCUT2D eigenvalue weighted by Gasteiger charge is -2.49. The second-order valence-corrected chi connectivity index (χ2v) is 13.1. The maximum Gasteiger partial charge on any atom is 0.353 e. The zero-order valence-corrected chi connectivity index (χ0v) is 24.9. The number of nitrogens with zero attached hydrogens (tertiary/aromatic N) is 6. The number of aromatic nitrogens is 4. The van der Waals surface area contributed by atoms with Crippen LogP contribution in [0.4, 0.5) is 10.9 Å². The highest BCUT2D eigenvalue weighted by atomic mass is 32.2. The number of nitrogen functional groups attached to an aromatic ring is 2. The molecule has 1 unspecified atom stereocenters. The number of oxime groups is 1. The quantitative estimate of drug-likeness (QED) is 0.0436. The number of carbonyl (C=O) groups excluding carboxylic acids is 2. The van der Waals surface area contributed by atoms with E-state index in [9.17, 15) is 39.7 Å². The van der Waals surface area contributed by atoms with Crippen LogP contribution in [-0.4, -0.2) is 93.3 Å². The molecule has 2 atom stereocenters. The van der Waals surface area contributed by atoms with Crippen molar-refractivity contribution in [2.24, 2.45) is 5.16 Å². The highest BCUT2D eigenvalue weighted by Crippen LogP contribution is 2.46. The lowest BCUT2D eigenvalue weighted by molar-refractivity contribution is -0.767. The minimum atomic E-state index is -1.38. The molecule has 3 aromatic rings. The van der Waals surface area contributed by atoms with Crippen molar-refractivity contribution in [3.63, 3.8) is 0 Å². The maximum atomic E-state index is 13.1. The molecule has 9 N–H and O–H groups in total. The number of aromatic carboxylic acids is 1. The summed E-state index contributed by atoms with van der Waals surface area (Å²) < 4.78 is 3.42. The van der Waals surface area contributed by atoms with E-state index in [1.54, 1.807) is 21.6 Å². The monoisotopic (exact) mass is 668 g/mol. The van der Waals surface area contributed by atoms with Crippen molar-refractivity contribution in [3.8, 4) is 0 Å². The van der Waals surface area contributed by atoms with E-state index >= 15 is 0 Å². The van der Waals surface area contributed by atoms with Crippen molar-refractivity contribution >= 4 is 86.6 Å². The molecular weight excluding hydrogens is 647 g/mol. The van der Waals surface area contributed by atoms with Crippen LogP contribution in [0.15, 0.2) is 37.7 Å². The van der Waals surface area contributed by atoms with Gasteiger partial charge in [0.05, 0.1) is 12.7 Å². The first kappa shape index (κ1) is 30.3. The first-order chi connectivity index (χ1) is 20.5. The number of hydrogen-bond acceptors (Lipinski definition) is 15. The molecule has 2 aliphatic heterocycles. The predicted molar refractivity (Wildman–Crippen MR) is 155 cm³/mol. The Balaban J connectivity index is 1.36. The van der Waals surface area contributed by atoms with E-state index < -0.39 is 40.9 Å². The summed E-state index contributed by atoms with van der Waals surface area (Å²) in [6.07, 6.45) is 1.62. The zero-order chi connectivity index (χ0) is 31.0. The molecule has 1 fully saturated rings. The molecule has 0 saturated carbocycles. The second-order valence-electron chi connectivity index (χ2n) is 8.81. The van der Waals surface area contributed by atoms with Crippen molar-refractivity contribution < 1.29 is 44.4 Å². The number of nitrogens with two attached hydrogens (primary N) is 2. The highest BCUT2D eigenvalue weighted by molar-refractivity contribution is 8.07. The van der Waals surface area contributed by atoms with Crippen molar-refractivity contribution in [2.75, 3.05) is 23.8 Å². The molecule has 5 rings (SSSR count). The summed E-state index contributed by atoms with van der Waals surface area (Å²) in [6, 6.07) is 0.500. The Morgan fingerprint density at radius 1 is 1.23 bits per heavy atom. The largest absolute Gasteiger partial charge is 0.477 e. The van der Waals surface area contributed by atoms with Gasteiger partial charge in [-0.3, -0.25) is 14.5 Å². The van der Waals surface area contributed by atoms with E-state index in [2.05, 4.69) is 20.4 Å². The van der Waals surface area contributed by atoms with E-state index in [0.717, 1.165) is 39.3 Å². The molecule has 17 nitrogen and oxygen atoms in total. The lowest BCUT2D eigenvalue weighted by atomic mass is 10.0. The van der Waals surface area contributed by atoms with Gasteiger partial charge in [-0.05, 0) is 0 Å². The van der Waals surface area contributed by atoms with Gasteiger partial charge in [-0.2, -0.15) is 0 Å². The number of thiazole rings is 2. The molecule has 43 heavy (non-hydrogen) atoms. The molecule has 0 bridgehead atoms. The summed E-state index contributed by atoms with van der Waals surface area (Å²) >= 11 is 4.01. The first-order valence-electron chi connectivity index (χ1n) is 12.1. The summed E-state index contributed by atoms with van der Waals surface area (Å²) in [5.41, 5.74) is 11.0. The number of rotatable bonds is 11.